The summed E-state index contributed by atoms with van der Waals surface area (Å²) in [5.41, 5.74) is 17.4. The van der Waals surface area contributed by atoms with Crippen LogP contribution < -0.4 is 17.2 Å². The van der Waals surface area contributed by atoms with Crippen molar-refractivity contribution in [1.82, 2.24) is 9.78 Å². The highest BCUT2D eigenvalue weighted by molar-refractivity contribution is 5.56. The fraction of sp³-hybridized carbons (Fsp3) is 0.625. The Labute approximate surface area is 77.9 Å². The molecule has 0 aromatic carbocycles. The van der Waals surface area contributed by atoms with Crippen LogP contribution in [-0.4, -0.2) is 15.3 Å². The van der Waals surface area contributed by atoms with Crippen LogP contribution in [0.5, 0.6) is 0 Å². The lowest BCUT2D eigenvalue weighted by Gasteiger charge is -2.18. The summed E-state index contributed by atoms with van der Waals surface area (Å²) in [6.07, 6.45) is 2.37. The Morgan fingerprint density at radius 2 is 2.08 bits per heavy atom. The highest BCUT2D eigenvalue weighted by atomic mass is 15.3. The van der Waals surface area contributed by atoms with E-state index in [0.717, 1.165) is 6.42 Å². The number of aryl methyl sites for hydroxylation is 1. The molecule has 1 heterocycles. The number of hydrogen-bond acceptors (Lipinski definition) is 4. The minimum atomic E-state index is -0.201. The van der Waals surface area contributed by atoms with Crippen molar-refractivity contribution in [1.29, 1.82) is 0 Å². The Bertz CT molecular complexity index is 283. The average molecular weight is 183 g/mol. The smallest absolute Gasteiger partial charge is 0.145 e. The molecule has 0 atom stereocenters. The molecule has 0 saturated heterocycles. The van der Waals surface area contributed by atoms with Gasteiger partial charge < -0.3 is 17.2 Å². The van der Waals surface area contributed by atoms with Gasteiger partial charge in [-0.15, -0.1) is 0 Å². The van der Waals surface area contributed by atoms with Crippen LogP contribution in [0.1, 0.15) is 20.3 Å². The minimum Gasteiger partial charge on any atom is -0.394 e. The molecule has 0 saturated carbocycles. The second-order valence-corrected chi connectivity index (χ2v) is 3.95. The van der Waals surface area contributed by atoms with Crippen LogP contribution in [0.4, 0.5) is 11.5 Å². The van der Waals surface area contributed by atoms with E-state index in [9.17, 15) is 0 Å². The molecule has 13 heavy (non-hydrogen) atoms. The second kappa shape index (κ2) is 3.26. The molecule has 0 spiro atoms. The van der Waals surface area contributed by atoms with Crippen molar-refractivity contribution < 1.29 is 0 Å². The Morgan fingerprint density at radius 1 is 1.46 bits per heavy atom. The molecule has 0 aliphatic carbocycles. The van der Waals surface area contributed by atoms with Crippen LogP contribution >= 0.6 is 0 Å². The van der Waals surface area contributed by atoms with E-state index in [4.69, 9.17) is 17.2 Å². The number of rotatable bonds is 3. The molecule has 0 unspecified atom stereocenters. The summed E-state index contributed by atoms with van der Waals surface area (Å²) >= 11 is 0. The van der Waals surface area contributed by atoms with Crippen molar-refractivity contribution >= 4 is 11.5 Å². The SMILES string of the molecule is CC(C)(N)CCn1ncc(N)c1N. The molecule has 0 amide bonds. The molecule has 0 aliphatic rings. The Morgan fingerprint density at radius 3 is 2.46 bits per heavy atom. The summed E-state index contributed by atoms with van der Waals surface area (Å²) < 4.78 is 1.67. The predicted octanol–water partition coefficient (Wildman–Crippen LogP) is 0.175. The van der Waals surface area contributed by atoms with Crippen molar-refractivity contribution in [2.75, 3.05) is 11.5 Å². The van der Waals surface area contributed by atoms with Crippen molar-refractivity contribution in [2.45, 2.75) is 32.4 Å². The first kappa shape index (κ1) is 9.85. The topological polar surface area (TPSA) is 95.9 Å². The van der Waals surface area contributed by atoms with E-state index in [1.807, 2.05) is 13.8 Å². The summed E-state index contributed by atoms with van der Waals surface area (Å²) in [6.45, 7) is 4.64. The zero-order valence-electron chi connectivity index (χ0n) is 8.12. The van der Waals surface area contributed by atoms with Crippen molar-refractivity contribution in [3.05, 3.63) is 6.20 Å². The number of hydrogen-bond donors (Lipinski definition) is 3. The zero-order chi connectivity index (χ0) is 10.1. The highest BCUT2D eigenvalue weighted by Crippen LogP contribution is 2.14. The van der Waals surface area contributed by atoms with E-state index in [1.54, 1.807) is 10.9 Å². The molecule has 74 valence electrons. The summed E-state index contributed by atoms with van der Waals surface area (Å²) in [4.78, 5) is 0. The van der Waals surface area contributed by atoms with Crippen LogP contribution in [0.3, 0.4) is 0 Å². The third-order valence-corrected chi connectivity index (χ3v) is 1.88. The lowest BCUT2D eigenvalue weighted by atomic mass is 10.0. The highest BCUT2D eigenvalue weighted by Gasteiger charge is 2.12. The Balaban J connectivity index is 2.60. The van der Waals surface area contributed by atoms with Crippen molar-refractivity contribution in [3.63, 3.8) is 0 Å². The van der Waals surface area contributed by atoms with Crippen LogP contribution in [-0.2, 0) is 6.54 Å². The fourth-order valence-electron chi connectivity index (χ4n) is 0.981. The number of nitrogens with two attached hydrogens (primary N) is 3. The van der Waals surface area contributed by atoms with Crippen LogP contribution in [0.25, 0.3) is 0 Å². The molecular weight excluding hydrogens is 166 g/mol. The van der Waals surface area contributed by atoms with Gasteiger partial charge >= 0.3 is 0 Å². The maximum atomic E-state index is 5.83. The second-order valence-electron chi connectivity index (χ2n) is 3.95. The van der Waals surface area contributed by atoms with Gasteiger partial charge in [0, 0.05) is 12.1 Å². The van der Waals surface area contributed by atoms with Gasteiger partial charge in [-0.25, -0.2) is 4.68 Å². The van der Waals surface area contributed by atoms with Crippen molar-refractivity contribution in [3.8, 4) is 0 Å². The summed E-state index contributed by atoms with van der Waals surface area (Å²) in [7, 11) is 0. The largest absolute Gasteiger partial charge is 0.394 e. The van der Waals surface area contributed by atoms with Gasteiger partial charge in [-0.2, -0.15) is 5.10 Å². The predicted molar refractivity (Wildman–Crippen MR) is 53.9 cm³/mol. The summed E-state index contributed by atoms with van der Waals surface area (Å²) in [5.74, 6) is 0.518. The third kappa shape index (κ3) is 2.62. The maximum Gasteiger partial charge on any atom is 0.145 e. The quantitative estimate of drug-likeness (QED) is 0.622. The van der Waals surface area contributed by atoms with Gasteiger partial charge in [-0.1, -0.05) is 0 Å². The number of nitrogens with zero attached hydrogens (tertiary/aromatic N) is 2. The standard InChI is InChI=1S/C8H17N5/c1-8(2,11)3-4-13-7(10)6(9)5-12-13/h5H,3-4,9-11H2,1-2H3. The van der Waals surface area contributed by atoms with Gasteiger partial charge in [-0.3, -0.25) is 0 Å². The summed E-state index contributed by atoms with van der Waals surface area (Å²) in [6, 6.07) is 0. The van der Waals surface area contributed by atoms with Crippen LogP contribution in [0.2, 0.25) is 0 Å². The molecular formula is C8H17N5. The van der Waals surface area contributed by atoms with E-state index < -0.39 is 0 Å². The van der Waals surface area contributed by atoms with Gasteiger partial charge in [-0.05, 0) is 20.3 Å². The van der Waals surface area contributed by atoms with E-state index >= 15 is 0 Å². The minimum absolute atomic E-state index is 0.201. The van der Waals surface area contributed by atoms with E-state index in [-0.39, 0.29) is 5.54 Å². The molecule has 5 heteroatoms. The number of anilines is 2. The lowest BCUT2D eigenvalue weighted by Crippen LogP contribution is -2.33. The molecule has 0 aliphatic heterocycles. The molecule has 1 rings (SSSR count). The van der Waals surface area contributed by atoms with Gasteiger partial charge in [0.15, 0.2) is 0 Å². The average Bonchev–Trinajstić information content (AvgIpc) is 2.29. The first-order valence-electron chi connectivity index (χ1n) is 4.26. The van der Waals surface area contributed by atoms with Gasteiger partial charge in [0.2, 0.25) is 0 Å². The van der Waals surface area contributed by atoms with Gasteiger partial charge in [0.25, 0.3) is 0 Å². The maximum absolute atomic E-state index is 5.83. The lowest BCUT2D eigenvalue weighted by molar-refractivity contribution is 0.423. The molecule has 1 aromatic rings. The van der Waals surface area contributed by atoms with E-state index in [2.05, 4.69) is 5.10 Å². The number of nitrogen functional groups attached to an aromatic ring is 2. The molecule has 0 radical (unpaired) electrons. The molecule has 6 N–H and O–H groups in total. The van der Waals surface area contributed by atoms with Crippen molar-refractivity contribution in [2.24, 2.45) is 5.73 Å². The third-order valence-electron chi connectivity index (χ3n) is 1.88. The number of aromatic nitrogens is 2. The molecule has 0 bridgehead atoms. The first-order valence-corrected chi connectivity index (χ1v) is 4.26. The van der Waals surface area contributed by atoms with Crippen LogP contribution in [0, 0.1) is 0 Å². The van der Waals surface area contributed by atoms with Gasteiger partial charge in [0.1, 0.15) is 5.82 Å². The molecule has 5 nitrogen and oxygen atoms in total. The fourth-order valence-corrected chi connectivity index (χ4v) is 0.981. The van der Waals surface area contributed by atoms with Gasteiger partial charge in [0.05, 0.1) is 11.9 Å². The molecule has 1 aromatic heterocycles. The summed E-state index contributed by atoms with van der Waals surface area (Å²) in [5, 5.41) is 4.03. The Hall–Kier alpha value is -1.23. The van der Waals surface area contributed by atoms with E-state index in [0.29, 0.717) is 18.1 Å². The zero-order valence-corrected chi connectivity index (χ0v) is 8.12. The Kier molecular flexibility index (Phi) is 2.47. The first-order chi connectivity index (χ1) is 5.90. The monoisotopic (exact) mass is 183 g/mol. The van der Waals surface area contributed by atoms with Crippen LogP contribution in [0.15, 0.2) is 6.20 Å². The van der Waals surface area contributed by atoms with E-state index in [1.165, 1.54) is 0 Å². The molecule has 0 fully saturated rings. The normalized spacial score (nSPS) is 11.9.